The Bertz CT molecular complexity index is 467. The van der Waals surface area contributed by atoms with Gasteiger partial charge >= 0.3 is 5.97 Å². The number of carboxylic acids is 1. The third-order valence-corrected chi connectivity index (χ3v) is 3.08. The number of rotatable bonds is 3. The lowest BCUT2D eigenvalue weighted by Crippen LogP contribution is -2.35. The molecule has 0 radical (unpaired) electrons. The summed E-state index contributed by atoms with van der Waals surface area (Å²) >= 11 is 0. The third kappa shape index (κ3) is 2.64. The molecular formula is C12H16N4O2. The number of aromatic carboxylic acids is 1. The average molecular weight is 248 g/mol. The van der Waals surface area contributed by atoms with Crippen LogP contribution < -0.4 is 4.90 Å². The van der Waals surface area contributed by atoms with Crippen LogP contribution in [0, 0.1) is 12.8 Å². The largest absolute Gasteiger partial charge is 0.475 e. The van der Waals surface area contributed by atoms with Crippen LogP contribution >= 0.6 is 0 Å². The average Bonchev–Trinajstić information content (AvgIpc) is 2.38. The van der Waals surface area contributed by atoms with Gasteiger partial charge in [-0.25, -0.2) is 9.78 Å². The van der Waals surface area contributed by atoms with Gasteiger partial charge in [0.2, 0.25) is 11.8 Å². The maximum atomic E-state index is 10.9. The first-order valence-electron chi connectivity index (χ1n) is 5.93. The molecule has 1 aromatic rings. The normalized spacial score (nSPS) is 16.6. The van der Waals surface area contributed by atoms with Gasteiger partial charge in [-0.05, 0) is 25.7 Å². The highest BCUT2D eigenvalue weighted by Crippen LogP contribution is 2.21. The number of hydrogen-bond acceptors (Lipinski definition) is 5. The molecule has 0 amide bonds. The van der Waals surface area contributed by atoms with Crippen molar-refractivity contribution in [3.05, 3.63) is 24.3 Å². The molecule has 0 unspecified atom stereocenters. The molecule has 0 atom stereocenters. The molecule has 0 spiro atoms. The van der Waals surface area contributed by atoms with Gasteiger partial charge in [-0.15, -0.1) is 6.58 Å². The molecule has 1 saturated heterocycles. The number of anilines is 1. The SMILES string of the molecule is C=CC1CCN(c2nc(C)nc(C(=O)O)n2)CC1. The third-order valence-electron chi connectivity index (χ3n) is 3.08. The van der Waals surface area contributed by atoms with E-state index in [1.807, 2.05) is 11.0 Å². The van der Waals surface area contributed by atoms with Gasteiger partial charge < -0.3 is 10.0 Å². The second-order valence-corrected chi connectivity index (χ2v) is 4.37. The fraction of sp³-hybridized carbons (Fsp3) is 0.500. The zero-order valence-electron chi connectivity index (χ0n) is 10.3. The fourth-order valence-electron chi connectivity index (χ4n) is 2.04. The number of aromatic nitrogens is 3. The van der Waals surface area contributed by atoms with Crippen LogP contribution in [0.15, 0.2) is 12.7 Å². The molecule has 18 heavy (non-hydrogen) atoms. The molecule has 1 N–H and O–H groups in total. The molecule has 6 heteroatoms. The number of allylic oxidation sites excluding steroid dienone is 1. The quantitative estimate of drug-likeness (QED) is 0.812. The molecule has 2 rings (SSSR count). The van der Waals surface area contributed by atoms with Crippen molar-refractivity contribution in [1.82, 2.24) is 15.0 Å². The van der Waals surface area contributed by atoms with Gasteiger partial charge in [0.05, 0.1) is 0 Å². The number of nitrogens with zero attached hydrogens (tertiary/aromatic N) is 4. The van der Waals surface area contributed by atoms with Gasteiger partial charge in [-0.2, -0.15) is 9.97 Å². The topological polar surface area (TPSA) is 79.2 Å². The van der Waals surface area contributed by atoms with E-state index in [2.05, 4.69) is 21.5 Å². The first-order valence-corrected chi connectivity index (χ1v) is 5.93. The van der Waals surface area contributed by atoms with Crippen molar-refractivity contribution >= 4 is 11.9 Å². The van der Waals surface area contributed by atoms with E-state index in [-0.39, 0.29) is 5.82 Å². The minimum absolute atomic E-state index is 0.191. The molecule has 0 bridgehead atoms. The second-order valence-electron chi connectivity index (χ2n) is 4.37. The summed E-state index contributed by atoms with van der Waals surface area (Å²) in [6.07, 6.45) is 3.96. The maximum Gasteiger partial charge on any atom is 0.374 e. The summed E-state index contributed by atoms with van der Waals surface area (Å²) < 4.78 is 0. The van der Waals surface area contributed by atoms with E-state index in [1.165, 1.54) is 0 Å². The van der Waals surface area contributed by atoms with Crippen molar-refractivity contribution in [3.63, 3.8) is 0 Å². The van der Waals surface area contributed by atoms with E-state index in [1.54, 1.807) is 6.92 Å². The highest BCUT2D eigenvalue weighted by atomic mass is 16.4. The van der Waals surface area contributed by atoms with Crippen LogP contribution in [0.3, 0.4) is 0 Å². The van der Waals surface area contributed by atoms with E-state index in [4.69, 9.17) is 5.11 Å². The van der Waals surface area contributed by atoms with Crippen LogP contribution in [0.25, 0.3) is 0 Å². The van der Waals surface area contributed by atoms with E-state index in [9.17, 15) is 4.79 Å². The van der Waals surface area contributed by atoms with Crippen molar-refractivity contribution in [3.8, 4) is 0 Å². The second kappa shape index (κ2) is 5.12. The van der Waals surface area contributed by atoms with E-state index >= 15 is 0 Å². The molecule has 0 aromatic carbocycles. The Kier molecular flexibility index (Phi) is 3.55. The summed E-state index contributed by atoms with van der Waals surface area (Å²) in [7, 11) is 0. The number of carboxylic acid groups (broad SMARTS) is 1. The van der Waals surface area contributed by atoms with Gasteiger partial charge in [0.1, 0.15) is 5.82 Å². The Hall–Kier alpha value is -1.98. The van der Waals surface area contributed by atoms with Crippen molar-refractivity contribution in [1.29, 1.82) is 0 Å². The first kappa shape index (κ1) is 12.5. The Balaban J connectivity index is 2.18. The summed E-state index contributed by atoms with van der Waals surface area (Å²) in [5.41, 5.74) is 0. The zero-order chi connectivity index (χ0) is 13.1. The molecule has 1 fully saturated rings. The monoisotopic (exact) mass is 248 g/mol. The standard InChI is InChI=1S/C12H16N4O2/c1-3-9-4-6-16(7-5-9)12-14-8(2)13-10(15-12)11(17)18/h3,9H,1,4-7H2,2H3,(H,17,18). The van der Waals surface area contributed by atoms with Crippen molar-refractivity contribution in [2.75, 3.05) is 18.0 Å². The van der Waals surface area contributed by atoms with Crippen LogP contribution in [0.2, 0.25) is 0 Å². The smallest absolute Gasteiger partial charge is 0.374 e. The molecule has 0 aliphatic carbocycles. The Morgan fingerprint density at radius 2 is 2.06 bits per heavy atom. The number of hydrogen-bond donors (Lipinski definition) is 1. The number of piperidine rings is 1. The summed E-state index contributed by atoms with van der Waals surface area (Å²) in [4.78, 5) is 24.9. The van der Waals surface area contributed by atoms with E-state index < -0.39 is 5.97 Å². The lowest BCUT2D eigenvalue weighted by Gasteiger charge is -2.30. The Morgan fingerprint density at radius 1 is 1.39 bits per heavy atom. The molecule has 2 heterocycles. The number of carbonyl (C=O) groups is 1. The van der Waals surface area contributed by atoms with Crippen LogP contribution in [-0.4, -0.2) is 39.1 Å². The molecule has 1 aliphatic rings. The zero-order valence-corrected chi connectivity index (χ0v) is 10.3. The fourth-order valence-corrected chi connectivity index (χ4v) is 2.04. The highest BCUT2D eigenvalue weighted by Gasteiger charge is 2.21. The molecule has 0 saturated carbocycles. The van der Waals surface area contributed by atoms with Crippen LogP contribution in [-0.2, 0) is 0 Å². The first-order chi connectivity index (χ1) is 8.60. The molecule has 1 aromatic heterocycles. The minimum Gasteiger partial charge on any atom is -0.475 e. The van der Waals surface area contributed by atoms with E-state index in [0.29, 0.717) is 17.7 Å². The minimum atomic E-state index is -1.12. The summed E-state index contributed by atoms with van der Waals surface area (Å²) in [5.74, 6) is 0.111. The van der Waals surface area contributed by atoms with Gasteiger partial charge in [0.25, 0.3) is 0 Å². The number of aryl methyl sites for hydroxylation is 1. The molecule has 6 nitrogen and oxygen atoms in total. The Labute approximate surface area is 105 Å². The summed E-state index contributed by atoms with van der Waals surface area (Å²) in [6.45, 7) is 7.11. The molecule has 1 aliphatic heterocycles. The van der Waals surface area contributed by atoms with Gasteiger partial charge in [0.15, 0.2) is 0 Å². The van der Waals surface area contributed by atoms with Crippen molar-refractivity contribution in [2.24, 2.45) is 5.92 Å². The summed E-state index contributed by atoms with van der Waals surface area (Å²) in [6, 6.07) is 0. The predicted octanol–water partition coefficient (Wildman–Crippen LogP) is 1.28. The predicted molar refractivity (Wildman–Crippen MR) is 66.7 cm³/mol. The van der Waals surface area contributed by atoms with E-state index in [0.717, 1.165) is 25.9 Å². The van der Waals surface area contributed by atoms with Gasteiger partial charge in [-0.1, -0.05) is 6.08 Å². The Morgan fingerprint density at radius 3 is 2.61 bits per heavy atom. The maximum absolute atomic E-state index is 10.9. The van der Waals surface area contributed by atoms with Crippen molar-refractivity contribution in [2.45, 2.75) is 19.8 Å². The van der Waals surface area contributed by atoms with Crippen LogP contribution in [0.5, 0.6) is 0 Å². The lowest BCUT2D eigenvalue weighted by atomic mass is 9.97. The van der Waals surface area contributed by atoms with Crippen molar-refractivity contribution < 1.29 is 9.90 Å². The highest BCUT2D eigenvalue weighted by molar-refractivity contribution is 5.83. The molecular weight excluding hydrogens is 232 g/mol. The molecule has 96 valence electrons. The lowest BCUT2D eigenvalue weighted by molar-refractivity contribution is 0.0682. The van der Waals surface area contributed by atoms with Crippen LogP contribution in [0.1, 0.15) is 29.3 Å². The summed E-state index contributed by atoms with van der Waals surface area (Å²) in [5, 5.41) is 8.93. The van der Waals surface area contributed by atoms with Gasteiger partial charge in [0, 0.05) is 13.1 Å². The van der Waals surface area contributed by atoms with Crippen LogP contribution in [0.4, 0.5) is 5.95 Å². The van der Waals surface area contributed by atoms with Gasteiger partial charge in [-0.3, -0.25) is 0 Å².